The highest BCUT2D eigenvalue weighted by molar-refractivity contribution is 7.99. The number of fused-ring (bicyclic) bond motifs is 3. The van der Waals surface area contributed by atoms with Crippen molar-refractivity contribution in [3.05, 3.63) is 50.4 Å². The minimum atomic E-state index is -0.467. The lowest BCUT2D eigenvalue weighted by Crippen LogP contribution is -2.16. The first-order valence-electron chi connectivity index (χ1n) is 8.74. The Hall–Kier alpha value is -2.19. The zero-order valence-corrected chi connectivity index (χ0v) is 16.4. The molecule has 2 heterocycles. The Balaban J connectivity index is 1.48. The van der Waals surface area contributed by atoms with Gasteiger partial charge in [-0.3, -0.25) is 9.59 Å². The predicted molar refractivity (Wildman–Crippen MR) is 107 cm³/mol. The molecule has 0 atom stereocenters. The Bertz CT molecular complexity index is 1090. The third-order valence-electron chi connectivity index (χ3n) is 4.54. The molecule has 0 spiro atoms. The number of nitrogens with one attached hydrogen (secondary N) is 2. The maximum Gasteiger partial charge on any atom is 0.260 e. The van der Waals surface area contributed by atoms with Crippen LogP contribution in [-0.2, 0) is 17.6 Å². The molecule has 140 valence electrons. The summed E-state index contributed by atoms with van der Waals surface area (Å²) in [7, 11) is 0. The molecule has 0 bridgehead atoms. The van der Waals surface area contributed by atoms with Gasteiger partial charge in [-0.2, -0.15) is 0 Å². The average molecular weight is 404 g/mol. The van der Waals surface area contributed by atoms with E-state index in [0.717, 1.165) is 53.4 Å². The Morgan fingerprint density at radius 3 is 3.00 bits per heavy atom. The molecule has 8 heteroatoms. The topological polar surface area (TPSA) is 74.8 Å². The molecule has 5 nitrogen and oxygen atoms in total. The maximum atomic E-state index is 13.8. The summed E-state index contributed by atoms with van der Waals surface area (Å²) in [6.07, 6.45) is 4.18. The van der Waals surface area contributed by atoms with Crippen molar-refractivity contribution in [2.75, 3.05) is 11.1 Å². The summed E-state index contributed by atoms with van der Waals surface area (Å²) in [5.74, 6) is -0.784. The van der Waals surface area contributed by atoms with E-state index >= 15 is 0 Å². The maximum absolute atomic E-state index is 13.8. The number of halogens is 1. The van der Waals surface area contributed by atoms with E-state index < -0.39 is 5.82 Å². The quantitative estimate of drug-likeness (QED) is 0.509. The standard InChI is InChI=1S/C19H18FN3O2S2/c1-10-6-7-13(12(20)8-10)21-15(24)9-26-19-22-17(25)16-11-4-2-3-5-14(11)27-18(16)23-19/h6-8H,2-5,9H2,1H3,(H,21,24)(H,22,23,25). The van der Waals surface area contributed by atoms with Crippen molar-refractivity contribution < 1.29 is 9.18 Å². The fourth-order valence-electron chi connectivity index (χ4n) is 3.25. The Kier molecular flexibility index (Phi) is 5.01. The zero-order valence-electron chi connectivity index (χ0n) is 14.7. The molecule has 0 aliphatic heterocycles. The van der Waals surface area contributed by atoms with Gasteiger partial charge in [0.2, 0.25) is 5.91 Å². The SMILES string of the molecule is Cc1ccc(NC(=O)CSc2nc3sc4c(c3c(=O)[nH]2)CCCC4)c(F)c1. The van der Waals surface area contributed by atoms with Gasteiger partial charge >= 0.3 is 0 Å². The largest absolute Gasteiger partial charge is 0.323 e. The Labute approximate surface area is 163 Å². The second kappa shape index (κ2) is 7.44. The number of carbonyl (C=O) groups is 1. The van der Waals surface area contributed by atoms with Crippen molar-refractivity contribution in [1.29, 1.82) is 0 Å². The summed E-state index contributed by atoms with van der Waals surface area (Å²) < 4.78 is 13.8. The number of aryl methyl sites for hydroxylation is 3. The Morgan fingerprint density at radius 2 is 2.19 bits per heavy atom. The van der Waals surface area contributed by atoms with Gasteiger partial charge in [0.05, 0.1) is 16.8 Å². The number of amides is 1. The molecule has 1 aliphatic rings. The minimum absolute atomic E-state index is 0.0346. The number of rotatable bonds is 4. The number of H-pyrrole nitrogens is 1. The minimum Gasteiger partial charge on any atom is -0.323 e. The van der Waals surface area contributed by atoms with Crippen LogP contribution in [0, 0.1) is 12.7 Å². The van der Waals surface area contributed by atoms with Crippen LogP contribution in [0.4, 0.5) is 10.1 Å². The molecule has 2 aromatic heterocycles. The Morgan fingerprint density at radius 1 is 1.37 bits per heavy atom. The van der Waals surface area contributed by atoms with E-state index in [-0.39, 0.29) is 22.9 Å². The van der Waals surface area contributed by atoms with Crippen molar-refractivity contribution in [3.8, 4) is 0 Å². The molecule has 27 heavy (non-hydrogen) atoms. The van der Waals surface area contributed by atoms with Crippen molar-refractivity contribution in [2.24, 2.45) is 0 Å². The number of carbonyl (C=O) groups excluding carboxylic acids is 1. The number of hydrogen-bond donors (Lipinski definition) is 2. The van der Waals surface area contributed by atoms with E-state index in [9.17, 15) is 14.0 Å². The van der Waals surface area contributed by atoms with Gasteiger partial charge in [0, 0.05) is 4.88 Å². The molecular weight excluding hydrogens is 385 g/mol. The van der Waals surface area contributed by atoms with Crippen LogP contribution in [0.2, 0.25) is 0 Å². The van der Waals surface area contributed by atoms with Crippen LogP contribution in [0.5, 0.6) is 0 Å². The zero-order chi connectivity index (χ0) is 19.0. The van der Waals surface area contributed by atoms with E-state index in [1.165, 1.54) is 17.0 Å². The molecular formula is C19H18FN3O2S2. The highest BCUT2D eigenvalue weighted by Gasteiger charge is 2.20. The molecule has 0 saturated heterocycles. The fourth-order valence-corrected chi connectivity index (χ4v) is 5.23. The van der Waals surface area contributed by atoms with Crippen LogP contribution in [0.1, 0.15) is 28.8 Å². The number of thioether (sulfide) groups is 1. The van der Waals surface area contributed by atoms with E-state index in [1.54, 1.807) is 24.3 Å². The van der Waals surface area contributed by atoms with Crippen LogP contribution in [0.3, 0.4) is 0 Å². The van der Waals surface area contributed by atoms with Crippen LogP contribution in [-0.4, -0.2) is 21.6 Å². The van der Waals surface area contributed by atoms with Gasteiger partial charge in [0.15, 0.2) is 5.16 Å². The number of hydrogen-bond acceptors (Lipinski definition) is 5. The number of anilines is 1. The van der Waals surface area contributed by atoms with Gasteiger partial charge in [-0.15, -0.1) is 11.3 Å². The number of thiophene rings is 1. The van der Waals surface area contributed by atoms with Crippen LogP contribution >= 0.6 is 23.1 Å². The first-order valence-corrected chi connectivity index (χ1v) is 10.5. The summed E-state index contributed by atoms with van der Waals surface area (Å²) in [6.45, 7) is 1.78. The second-order valence-corrected chi connectivity index (χ2v) is 8.63. The van der Waals surface area contributed by atoms with E-state index in [0.29, 0.717) is 10.5 Å². The third-order valence-corrected chi connectivity index (χ3v) is 6.60. The smallest absolute Gasteiger partial charge is 0.260 e. The summed E-state index contributed by atoms with van der Waals surface area (Å²) in [4.78, 5) is 33.9. The van der Waals surface area contributed by atoms with Gasteiger partial charge in [0.1, 0.15) is 10.6 Å². The first-order chi connectivity index (χ1) is 13.0. The van der Waals surface area contributed by atoms with Crippen LogP contribution in [0.25, 0.3) is 10.2 Å². The molecule has 3 aromatic rings. The van der Waals surface area contributed by atoms with Crippen LogP contribution in [0.15, 0.2) is 28.2 Å². The lowest BCUT2D eigenvalue weighted by atomic mass is 9.97. The van der Waals surface area contributed by atoms with Crippen molar-refractivity contribution >= 4 is 44.9 Å². The average Bonchev–Trinajstić information content (AvgIpc) is 3.01. The van der Waals surface area contributed by atoms with Gasteiger partial charge in [-0.05, 0) is 55.9 Å². The fraction of sp³-hybridized carbons (Fsp3) is 0.316. The second-order valence-electron chi connectivity index (χ2n) is 6.58. The monoisotopic (exact) mass is 403 g/mol. The number of benzene rings is 1. The summed E-state index contributed by atoms with van der Waals surface area (Å²) in [5.41, 5.74) is 1.92. The predicted octanol–water partition coefficient (Wildman–Crippen LogP) is 4.04. The summed E-state index contributed by atoms with van der Waals surface area (Å²) in [5, 5.41) is 3.65. The van der Waals surface area contributed by atoms with Crippen molar-refractivity contribution in [2.45, 2.75) is 37.8 Å². The van der Waals surface area contributed by atoms with E-state index in [1.807, 2.05) is 0 Å². The van der Waals surface area contributed by atoms with Gasteiger partial charge in [0.25, 0.3) is 5.56 Å². The lowest BCUT2D eigenvalue weighted by Gasteiger charge is -2.09. The van der Waals surface area contributed by atoms with E-state index in [4.69, 9.17) is 0 Å². The highest BCUT2D eigenvalue weighted by atomic mass is 32.2. The molecule has 1 amide bonds. The van der Waals surface area contributed by atoms with Gasteiger partial charge in [-0.1, -0.05) is 17.8 Å². The normalized spacial score (nSPS) is 13.6. The van der Waals surface area contributed by atoms with Crippen molar-refractivity contribution in [3.63, 3.8) is 0 Å². The molecule has 0 radical (unpaired) electrons. The molecule has 4 rings (SSSR count). The molecule has 0 saturated carbocycles. The first kappa shape index (κ1) is 18.2. The van der Waals surface area contributed by atoms with Crippen LogP contribution < -0.4 is 10.9 Å². The molecule has 1 aromatic carbocycles. The highest BCUT2D eigenvalue weighted by Crippen LogP contribution is 2.34. The molecule has 1 aliphatic carbocycles. The number of aromatic amines is 1. The number of aromatic nitrogens is 2. The van der Waals surface area contributed by atoms with Gasteiger partial charge < -0.3 is 10.3 Å². The molecule has 0 fully saturated rings. The van der Waals surface area contributed by atoms with E-state index in [2.05, 4.69) is 15.3 Å². The number of nitrogens with zero attached hydrogens (tertiary/aromatic N) is 1. The molecule has 2 N–H and O–H groups in total. The van der Waals surface area contributed by atoms with Gasteiger partial charge in [-0.25, -0.2) is 9.37 Å². The molecule has 0 unspecified atom stereocenters. The van der Waals surface area contributed by atoms with Crippen molar-refractivity contribution in [1.82, 2.24) is 9.97 Å². The summed E-state index contributed by atoms with van der Waals surface area (Å²) >= 11 is 2.71. The lowest BCUT2D eigenvalue weighted by molar-refractivity contribution is -0.113. The third kappa shape index (κ3) is 3.77. The summed E-state index contributed by atoms with van der Waals surface area (Å²) in [6, 6.07) is 4.64.